The molecule has 2 aromatic rings. The highest BCUT2D eigenvalue weighted by Crippen LogP contribution is 2.36. The molecule has 6 nitrogen and oxygen atoms in total. The number of rotatable bonds is 5. The van der Waals surface area contributed by atoms with Crippen LogP contribution in [0.4, 0.5) is 20.2 Å². The van der Waals surface area contributed by atoms with Crippen LogP contribution in [0, 0.1) is 11.6 Å². The highest BCUT2D eigenvalue weighted by molar-refractivity contribution is 5.96. The van der Waals surface area contributed by atoms with Crippen molar-refractivity contribution in [2.45, 2.75) is 51.7 Å². The molecule has 2 aliphatic rings. The number of anilines is 2. The number of unbranched alkanes of at least 4 members (excludes halogenated alkanes) is 1. The molecule has 0 N–H and O–H groups in total. The van der Waals surface area contributed by atoms with Gasteiger partial charge in [-0.1, -0.05) is 0 Å². The molecule has 170 valence electrons. The average Bonchev–Trinajstić information content (AvgIpc) is 2.74. The Labute approximate surface area is 185 Å². The van der Waals surface area contributed by atoms with E-state index in [0.29, 0.717) is 48.8 Å². The molecule has 0 aromatic heterocycles. The summed E-state index contributed by atoms with van der Waals surface area (Å²) >= 11 is 0. The van der Waals surface area contributed by atoms with Crippen molar-refractivity contribution in [3.63, 3.8) is 0 Å². The van der Waals surface area contributed by atoms with Crippen molar-refractivity contribution in [2.24, 2.45) is 0 Å². The first-order valence-corrected chi connectivity index (χ1v) is 10.8. The minimum atomic E-state index is -0.412. The Morgan fingerprint density at radius 2 is 1.22 bits per heavy atom. The van der Waals surface area contributed by atoms with Gasteiger partial charge in [-0.3, -0.25) is 9.59 Å². The van der Waals surface area contributed by atoms with Gasteiger partial charge in [-0.25, -0.2) is 8.78 Å². The van der Waals surface area contributed by atoms with Gasteiger partial charge in [0.2, 0.25) is 11.8 Å². The number of halogens is 2. The van der Waals surface area contributed by atoms with Gasteiger partial charge in [0.15, 0.2) is 0 Å². The summed E-state index contributed by atoms with van der Waals surface area (Å²) in [5.41, 5.74) is 1.13. The molecule has 2 aromatic carbocycles. The molecule has 0 bridgehead atoms. The maximum absolute atomic E-state index is 13.5. The van der Waals surface area contributed by atoms with Crippen LogP contribution in [-0.4, -0.2) is 37.1 Å². The zero-order chi connectivity index (χ0) is 22.8. The predicted molar refractivity (Wildman–Crippen MR) is 116 cm³/mol. The highest BCUT2D eigenvalue weighted by Gasteiger charge is 2.29. The number of amides is 2. The summed E-state index contributed by atoms with van der Waals surface area (Å²) in [7, 11) is 0. The fourth-order valence-electron chi connectivity index (χ4n) is 4.12. The number of nitrogens with zero attached hydrogens (tertiary/aromatic N) is 2. The minimum absolute atomic E-state index is 0.0822. The van der Waals surface area contributed by atoms with E-state index < -0.39 is 11.6 Å². The molecule has 2 heterocycles. The van der Waals surface area contributed by atoms with Crippen molar-refractivity contribution < 1.29 is 27.8 Å². The van der Waals surface area contributed by atoms with Crippen LogP contribution in [0.15, 0.2) is 36.4 Å². The maximum Gasteiger partial charge on any atom is 0.227 e. The summed E-state index contributed by atoms with van der Waals surface area (Å²) in [6.45, 7) is 4.46. The van der Waals surface area contributed by atoms with Crippen LogP contribution in [0.3, 0.4) is 0 Å². The lowest BCUT2D eigenvalue weighted by molar-refractivity contribution is -0.120. The van der Waals surface area contributed by atoms with E-state index in [2.05, 4.69) is 0 Å². The molecule has 0 saturated heterocycles. The van der Waals surface area contributed by atoms with E-state index in [1.54, 1.807) is 21.9 Å². The summed E-state index contributed by atoms with van der Waals surface area (Å²) in [4.78, 5) is 28.9. The third-order valence-corrected chi connectivity index (χ3v) is 5.59. The Hall–Kier alpha value is -3.16. The van der Waals surface area contributed by atoms with E-state index in [9.17, 15) is 18.4 Å². The Morgan fingerprint density at radius 1 is 0.812 bits per heavy atom. The van der Waals surface area contributed by atoms with Crippen LogP contribution in [0.1, 0.15) is 39.5 Å². The third kappa shape index (κ3) is 4.69. The molecule has 8 heteroatoms. The molecule has 2 atom stereocenters. The number of fused-ring (bicyclic) bond motifs is 2. The normalized spacial score (nSPS) is 19.5. The smallest absolute Gasteiger partial charge is 0.227 e. The van der Waals surface area contributed by atoms with Crippen LogP contribution >= 0.6 is 0 Å². The summed E-state index contributed by atoms with van der Waals surface area (Å²) < 4.78 is 38.3. The van der Waals surface area contributed by atoms with Crippen molar-refractivity contribution in [3.05, 3.63) is 48.0 Å². The third-order valence-electron chi connectivity index (χ3n) is 5.59. The van der Waals surface area contributed by atoms with Gasteiger partial charge in [0.1, 0.15) is 35.3 Å². The Bertz CT molecular complexity index is 948. The zero-order valence-corrected chi connectivity index (χ0v) is 18.1. The first-order valence-electron chi connectivity index (χ1n) is 10.8. The lowest BCUT2D eigenvalue weighted by Gasteiger charge is -2.34. The Kier molecular flexibility index (Phi) is 6.30. The maximum atomic E-state index is 13.5. The molecule has 2 aliphatic heterocycles. The lowest BCUT2D eigenvalue weighted by atomic mass is 10.1. The van der Waals surface area contributed by atoms with Gasteiger partial charge >= 0.3 is 0 Å². The highest BCUT2D eigenvalue weighted by atomic mass is 19.1. The molecule has 2 unspecified atom stereocenters. The first kappa shape index (κ1) is 22.0. The number of benzene rings is 2. The number of ether oxygens (including phenoxy) is 2. The largest absolute Gasteiger partial charge is 0.487 e. The van der Waals surface area contributed by atoms with Crippen molar-refractivity contribution in [1.82, 2.24) is 0 Å². The SMILES string of the molecule is CC1CN(C(=O)CCCCC(=O)N2CC(C)Oc3cc(F)ccc32)c2ccc(F)cc2O1. The molecular formula is C24H26F2N2O4. The van der Waals surface area contributed by atoms with Crippen LogP contribution in [0.25, 0.3) is 0 Å². The number of carbonyl (C=O) groups excluding carboxylic acids is 2. The molecule has 0 spiro atoms. The fourth-order valence-corrected chi connectivity index (χ4v) is 4.12. The van der Waals surface area contributed by atoms with Gasteiger partial charge in [0.05, 0.1) is 24.5 Å². The second kappa shape index (κ2) is 9.14. The molecular weight excluding hydrogens is 418 g/mol. The summed E-state index contributed by atoms with van der Waals surface area (Å²) in [5.74, 6) is -0.258. The van der Waals surface area contributed by atoms with Gasteiger partial charge in [-0.15, -0.1) is 0 Å². The van der Waals surface area contributed by atoms with Gasteiger partial charge in [0, 0.05) is 25.0 Å². The zero-order valence-electron chi connectivity index (χ0n) is 18.1. The van der Waals surface area contributed by atoms with Crippen LogP contribution in [0.2, 0.25) is 0 Å². The number of hydrogen-bond acceptors (Lipinski definition) is 4. The van der Waals surface area contributed by atoms with E-state index in [1.165, 1.54) is 24.3 Å². The van der Waals surface area contributed by atoms with Crippen molar-refractivity contribution in [1.29, 1.82) is 0 Å². The topological polar surface area (TPSA) is 59.1 Å². The second-order valence-corrected chi connectivity index (χ2v) is 8.30. The standard InChI is InChI=1S/C24H26F2N2O4/c1-15-13-27(19-9-7-17(25)11-21(19)31-15)23(29)5-3-4-6-24(30)28-14-16(2)32-22-12-18(26)8-10-20(22)28/h7-12,15-16H,3-6,13-14H2,1-2H3. The summed E-state index contributed by atoms with van der Waals surface area (Å²) in [6.07, 6.45) is 1.17. The number of hydrogen-bond donors (Lipinski definition) is 0. The second-order valence-electron chi connectivity index (χ2n) is 8.30. The van der Waals surface area contributed by atoms with Crippen molar-refractivity contribution in [3.8, 4) is 11.5 Å². The van der Waals surface area contributed by atoms with Crippen molar-refractivity contribution >= 4 is 23.2 Å². The Balaban J connectivity index is 1.32. The van der Waals surface area contributed by atoms with Crippen LogP contribution in [0.5, 0.6) is 11.5 Å². The summed E-state index contributed by atoms with van der Waals surface area (Å²) in [6, 6.07) is 8.30. The number of carbonyl (C=O) groups is 2. The van der Waals surface area contributed by atoms with Crippen molar-refractivity contribution in [2.75, 3.05) is 22.9 Å². The monoisotopic (exact) mass is 444 g/mol. The van der Waals surface area contributed by atoms with Gasteiger partial charge < -0.3 is 19.3 Å². The minimum Gasteiger partial charge on any atom is -0.487 e. The molecule has 0 aliphatic carbocycles. The fraction of sp³-hybridized carbons (Fsp3) is 0.417. The lowest BCUT2D eigenvalue weighted by Crippen LogP contribution is -2.42. The first-order chi connectivity index (χ1) is 15.3. The van der Waals surface area contributed by atoms with Gasteiger partial charge in [-0.2, -0.15) is 0 Å². The Morgan fingerprint density at radius 3 is 1.62 bits per heavy atom. The van der Waals surface area contributed by atoms with E-state index in [1.807, 2.05) is 13.8 Å². The van der Waals surface area contributed by atoms with E-state index >= 15 is 0 Å². The molecule has 2 amide bonds. The van der Waals surface area contributed by atoms with E-state index in [0.717, 1.165) is 0 Å². The quantitative estimate of drug-likeness (QED) is 0.640. The summed E-state index contributed by atoms with van der Waals surface area (Å²) in [5, 5.41) is 0. The van der Waals surface area contributed by atoms with E-state index in [-0.39, 0.29) is 36.9 Å². The van der Waals surface area contributed by atoms with Gasteiger partial charge in [-0.05, 0) is 51.0 Å². The van der Waals surface area contributed by atoms with Crippen LogP contribution < -0.4 is 19.3 Å². The molecule has 0 radical (unpaired) electrons. The van der Waals surface area contributed by atoms with E-state index in [4.69, 9.17) is 9.47 Å². The average molecular weight is 444 g/mol. The van der Waals surface area contributed by atoms with Gasteiger partial charge in [0.25, 0.3) is 0 Å². The molecule has 4 rings (SSSR count). The molecule has 0 fully saturated rings. The molecule has 32 heavy (non-hydrogen) atoms. The van der Waals surface area contributed by atoms with Crippen LogP contribution in [-0.2, 0) is 9.59 Å². The predicted octanol–water partition coefficient (Wildman–Crippen LogP) is 4.45. The molecule has 0 saturated carbocycles.